The van der Waals surface area contributed by atoms with Crippen molar-refractivity contribution in [3.63, 3.8) is 0 Å². The molecule has 0 N–H and O–H groups in total. The first-order valence-corrected chi connectivity index (χ1v) is 5.79. The Bertz CT molecular complexity index is 503. The third-order valence-corrected chi connectivity index (χ3v) is 3.31. The Morgan fingerprint density at radius 2 is 2.29 bits per heavy atom. The molecule has 4 nitrogen and oxygen atoms in total. The molecule has 0 atom stereocenters. The van der Waals surface area contributed by atoms with E-state index in [0.29, 0.717) is 24.3 Å². The molecule has 0 amide bonds. The summed E-state index contributed by atoms with van der Waals surface area (Å²) in [6.07, 6.45) is 0. The summed E-state index contributed by atoms with van der Waals surface area (Å²) in [5, 5.41) is 9.26. The van der Waals surface area contributed by atoms with Crippen LogP contribution in [-0.4, -0.2) is 26.3 Å². The smallest absolute Gasteiger partial charge is 0.338 e. The Balaban J connectivity index is 2.55. The quantitative estimate of drug-likeness (QED) is 0.783. The molecule has 88 valence electrons. The average molecular weight is 296 g/mol. The number of hydrogen-bond donors (Lipinski definition) is 0. The minimum absolute atomic E-state index is 0.309. The van der Waals surface area contributed by atoms with E-state index in [9.17, 15) is 10.1 Å². The van der Waals surface area contributed by atoms with Crippen molar-refractivity contribution in [1.82, 2.24) is 0 Å². The van der Waals surface area contributed by atoms with E-state index in [4.69, 9.17) is 9.47 Å². The van der Waals surface area contributed by atoms with Crippen molar-refractivity contribution in [2.45, 2.75) is 5.41 Å². The number of rotatable bonds is 2. The van der Waals surface area contributed by atoms with Gasteiger partial charge in [-0.05, 0) is 23.8 Å². The Kier molecular flexibility index (Phi) is 3.18. The highest BCUT2D eigenvalue weighted by Gasteiger charge is 2.43. The topological polar surface area (TPSA) is 59.3 Å². The first kappa shape index (κ1) is 12.1. The lowest BCUT2D eigenvalue weighted by atomic mass is 9.78. The number of hydrogen-bond acceptors (Lipinski definition) is 4. The number of nitriles is 1. The molecule has 1 aliphatic heterocycles. The molecule has 1 saturated heterocycles. The zero-order valence-electron chi connectivity index (χ0n) is 9.20. The molecule has 2 rings (SSSR count). The molecule has 1 aromatic carbocycles. The molecule has 1 aromatic rings. The molecule has 1 aliphatic rings. The SMILES string of the molecule is COC(=O)c1ccc(Br)cc1C1(C#N)COC1. The van der Waals surface area contributed by atoms with Gasteiger partial charge in [0.15, 0.2) is 0 Å². The standard InChI is InChI=1S/C12H10BrNO3/c1-16-11(15)9-3-2-8(13)4-10(9)12(5-14)6-17-7-12/h2-4H,6-7H2,1H3. The number of benzene rings is 1. The lowest BCUT2D eigenvalue weighted by Crippen LogP contribution is -2.46. The van der Waals surface area contributed by atoms with Gasteiger partial charge in [0.2, 0.25) is 0 Å². The fourth-order valence-electron chi connectivity index (χ4n) is 1.79. The number of carbonyl (C=O) groups is 1. The molecule has 0 unspecified atom stereocenters. The van der Waals surface area contributed by atoms with Crippen molar-refractivity contribution < 1.29 is 14.3 Å². The first-order chi connectivity index (χ1) is 8.13. The van der Waals surface area contributed by atoms with E-state index in [-0.39, 0.29) is 0 Å². The van der Waals surface area contributed by atoms with Gasteiger partial charge in [0.25, 0.3) is 0 Å². The van der Waals surface area contributed by atoms with Crippen molar-refractivity contribution in [1.29, 1.82) is 5.26 Å². The predicted molar refractivity (Wildman–Crippen MR) is 63.6 cm³/mol. The van der Waals surface area contributed by atoms with E-state index in [1.807, 2.05) is 0 Å². The van der Waals surface area contributed by atoms with Crippen LogP contribution in [0.15, 0.2) is 22.7 Å². The van der Waals surface area contributed by atoms with Gasteiger partial charge in [-0.25, -0.2) is 4.79 Å². The van der Waals surface area contributed by atoms with Crippen LogP contribution in [0.2, 0.25) is 0 Å². The number of carbonyl (C=O) groups excluding carboxylic acids is 1. The molecule has 1 fully saturated rings. The van der Waals surface area contributed by atoms with Gasteiger partial charge < -0.3 is 9.47 Å². The van der Waals surface area contributed by atoms with E-state index in [1.54, 1.807) is 18.2 Å². The largest absolute Gasteiger partial charge is 0.465 e. The summed E-state index contributed by atoms with van der Waals surface area (Å²) in [5.74, 6) is -0.436. The highest BCUT2D eigenvalue weighted by Crippen LogP contribution is 2.35. The third-order valence-electron chi connectivity index (χ3n) is 2.81. The number of ether oxygens (including phenoxy) is 2. The Morgan fingerprint density at radius 3 is 2.76 bits per heavy atom. The minimum atomic E-state index is -0.729. The first-order valence-electron chi connectivity index (χ1n) is 5.00. The summed E-state index contributed by atoms with van der Waals surface area (Å²) in [6.45, 7) is 0.619. The van der Waals surface area contributed by atoms with E-state index in [2.05, 4.69) is 22.0 Å². The van der Waals surface area contributed by atoms with Gasteiger partial charge >= 0.3 is 5.97 Å². The van der Waals surface area contributed by atoms with Gasteiger partial charge in [-0.15, -0.1) is 0 Å². The molecule has 0 bridgehead atoms. The molecule has 0 aliphatic carbocycles. The molecule has 0 spiro atoms. The summed E-state index contributed by atoms with van der Waals surface area (Å²) in [4.78, 5) is 11.7. The minimum Gasteiger partial charge on any atom is -0.465 e. The lowest BCUT2D eigenvalue weighted by molar-refractivity contribution is -0.0303. The summed E-state index contributed by atoms with van der Waals surface area (Å²) < 4.78 is 10.6. The zero-order valence-corrected chi connectivity index (χ0v) is 10.8. The van der Waals surface area contributed by atoms with Gasteiger partial charge in [0.1, 0.15) is 5.41 Å². The predicted octanol–water partition coefficient (Wildman–Crippen LogP) is 2.03. The molecule has 1 heterocycles. The van der Waals surface area contributed by atoms with Crippen LogP contribution in [-0.2, 0) is 14.9 Å². The van der Waals surface area contributed by atoms with Crippen LogP contribution in [0.5, 0.6) is 0 Å². The van der Waals surface area contributed by atoms with Crippen molar-refractivity contribution in [2.75, 3.05) is 20.3 Å². The second kappa shape index (κ2) is 4.47. The van der Waals surface area contributed by atoms with E-state index < -0.39 is 11.4 Å². The molecule has 17 heavy (non-hydrogen) atoms. The molecular formula is C12H10BrNO3. The van der Waals surface area contributed by atoms with Crippen LogP contribution in [0.25, 0.3) is 0 Å². The number of methoxy groups -OCH3 is 1. The number of halogens is 1. The Hall–Kier alpha value is -1.38. The second-order valence-corrected chi connectivity index (χ2v) is 4.78. The van der Waals surface area contributed by atoms with Gasteiger partial charge in [-0.2, -0.15) is 5.26 Å². The van der Waals surface area contributed by atoms with Crippen LogP contribution in [0.1, 0.15) is 15.9 Å². The Morgan fingerprint density at radius 1 is 1.59 bits per heavy atom. The van der Waals surface area contributed by atoms with Crippen molar-refractivity contribution in [2.24, 2.45) is 0 Å². The van der Waals surface area contributed by atoms with E-state index >= 15 is 0 Å². The highest BCUT2D eigenvalue weighted by atomic mass is 79.9. The second-order valence-electron chi connectivity index (χ2n) is 3.87. The monoisotopic (exact) mass is 295 g/mol. The molecule has 0 aromatic heterocycles. The third kappa shape index (κ3) is 1.94. The van der Waals surface area contributed by atoms with Crippen LogP contribution in [0, 0.1) is 11.3 Å². The number of esters is 1. The van der Waals surface area contributed by atoms with Gasteiger partial charge in [-0.3, -0.25) is 0 Å². The van der Waals surface area contributed by atoms with Crippen molar-refractivity contribution >= 4 is 21.9 Å². The molecule has 0 radical (unpaired) electrons. The zero-order chi connectivity index (χ0) is 12.5. The summed E-state index contributed by atoms with van der Waals surface area (Å²) in [5.41, 5.74) is 0.348. The molecular weight excluding hydrogens is 286 g/mol. The van der Waals surface area contributed by atoms with Gasteiger partial charge in [-0.1, -0.05) is 15.9 Å². The normalized spacial score (nSPS) is 16.8. The van der Waals surface area contributed by atoms with E-state index in [1.165, 1.54) is 7.11 Å². The Labute approximate surface area is 107 Å². The summed E-state index contributed by atoms with van der Waals surface area (Å²) in [6, 6.07) is 7.41. The molecule has 0 saturated carbocycles. The van der Waals surface area contributed by atoms with Crippen LogP contribution < -0.4 is 0 Å². The van der Waals surface area contributed by atoms with Gasteiger partial charge in [0, 0.05) is 4.47 Å². The lowest BCUT2D eigenvalue weighted by Gasteiger charge is -2.36. The van der Waals surface area contributed by atoms with E-state index in [0.717, 1.165) is 4.47 Å². The number of nitrogens with zero attached hydrogens (tertiary/aromatic N) is 1. The maximum Gasteiger partial charge on any atom is 0.338 e. The fourth-order valence-corrected chi connectivity index (χ4v) is 2.15. The van der Waals surface area contributed by atoms with Crippen LogP contribution in [0.4, 0.5) is 0 Å². The summed E-state index contributed by atoms with van der Waals surface area (Å²) in [7, 11) is 1.32. The van der Waals surface area contributed by atoms with Crippen molar-refractivity contribution in [3.8, 4) is 6.07 Å². The molecule has 5 heteroatoms. The average Bonchev–Trinajstić information content (AvgIpc) is 2.28. The maximum absolute atomic E-state index is 11.7. The van der Waals surface area contributed by atoms with Crippen LogP contribution in [0.3, 0.4) is 0 Å². The highest BCUT2D eigenvalue weighted by molar-refractivity contribution is 9.10. The van der Waals surface area contributed by atoms with Crippen LogP contribution >= 0.6 is 15.9 Å². The summed E-state index contributed by atoms with van der Waals surface area (Å²) >= 11 is 3.34. The maximum atomic E-state index is 11.7. The van der Waals surface area contributed by atoms with Crippen molar-refractivity contribution in [3.05, 3.63) is 33.8 Å². The van der Waals surface area contributed by atoms with Gasteiger partial charge in [0.05, 0.1) is 32.0 Å². The fraction of sp³-hybridized carbons (Fsp3) is 0.333.